The second kappa shape index (κ2) is 6.10. The van der Waals surface area contributed by atoms with Crippen molar-refractivity contribution in [1.82, 2.24) is 4.90 Å². The van der Waals surface area contributed by atoms with Crippen LogP contribution in [0, 0.1) is 21.8 Å². The van der Waals surface area contributed by atoms with Crippen LogP contribution in [0.4, 0.5) is 10.1 Å². The fourth-order valence-electron chi connectivity index (χ4n) is 2.29. The molecule has 4 nitrogen and oxygen atoms in total. The van der Waals surface area contributed by atoms with Crippen LogP contribution in [0.3, 0.4) is 0 Å². The number of nitrogens with zero attached hydrogens (tertiary/aromatic N) is 2. The average Bonchev–Trinajstić information content (AvgIpc) is 3.15. The third-order valence-corrected chi connectivity index (χ3v) is 3.40. The fourth-order valence-corrected chi connectivity index (χ4v) is 2.29. The van der Waals surface area contributed by atoms with E-state index in [2.05, 4.69) is 11.8 Å². The van der Waals surface area contributed by atoms with E-state index in [1.165, 1.54) is 18.9 Å². The van der Waals surface area contributed by atoms with Crippen LogP contribution in [0.5, 0.6) is 0 Å². The molecule has 0 N–H and O–H groups in total. The Bertz CT molecular complexity index is 461. The van der Waals surface area contributed by atoms with Crippen LogP contribution in [-0.4, -0.2) is 22.9 Å². The Morgan fingerprint density at radius 1 is 1.47 bits per heavy atom. The molecule has 1 aromatic rings. The van der Waals surface area contributed by atoms with Crippen LogP contribution in [0.1, 0.15) is 31.7 Å². The maximum absolute atomic E-state index is 14.0. The Hall–Kier alpha value is -1.49. The standard InChI is InChI=1S/C14H19FN2O2/c1-2-8-16(9-11-6-7-11)10-12-4-3-5-13(14(12)15)17(18)19/h3-5,11H,2,6-10H2,1H3. The molecule has 0 amide bonds. The Morgan fingerprint density at radius 2 is 2.21 bits per heavy atom. The van der Waals surface area contributed by atoms with Crippen LogP contribution in [0.2, 0.25) is 0 Å². The van der Waals surface area contributed by atoms with Gasteiger partial charge in [-0.2, -0.15) is 4.39 Å². The summed E-state index contributed by atoms with van der Waals surface area (Å²) in [5.41, 5.74) is -0.0105. The first-order valence-corrected chi connectivity index (χ1v) is 6.76. The monoisotopic (exact) mass is 266 g/mol. The number of nitro groups is 1. The molecular formula is C14H19FN2O2. The van der Waals surface area contributed by atoms with E-state index in [9.17, 15) is 14.5 Å². The number of halogens is 1. The second-order valence-electron chi connectivity index (χ2n) is 5.19. The van der Waals surface area contributed by atoms with Gasteiger partial charge in [0, 0.05) is 24.7 Å². The second-order valence-corrected chi connectivity index (χ2v) is 5.19. The first kappa shape index (κ1) is 13.9. The highest BCUT2D eigenvalue weighted by molar-refractivity contribution is 5.36. The topological polar surface area (TPSA) is 46.4 Å². The minimum Gasteiger partial charge on any atom is -0.299 e. The summed E-state index contributed by atoms with van der Waals surface area (Å²) in [5.74, 6) is 0.0395. The van der Waals surface area contributed by atoms with Gasteiger partial charge in [0.1, 0.15) is 0 Å². The van der Waals surface area contributed by atoms with E-state index in [1.807, 2.05) is 0 Å². The van der Waals surface area contributed by atoms with E-state index in [1.54, 1.807) is 12.1 Å². The Balaban J connectivity index is 2.11. The molecule has 1 fully saturated rings. The predicted octanol–water partition coefficient (Wildman–Crippen LogP) is 3.36. The van der Waals surface area contributed by atoms with Crippen molar-refractivity contribution >= 4 is 5.69 Å². The number of hydrogen-bond acceptors (Lipinski definition) is 3. The van der Waals surface area contributed by atoms with E-state index < -0.39 is 16.4 Å². The minimum atomic E-state index is -0.690. The van der Waals surface area contributed by atoms with Gasteiger partial charge < -0.3 is 0 Å². The van der Waals surface area contributed by atoms with Crippen LogP contribution in [0.25, 0.3) is 0 Å². The van der Waals surface area contributed by atoms with Crippen LogP contribution < -0.4 is 0 Å². The first-order valence-electron chi connectivity index (χ1n) is 6.76. The summed E-state index contributed by atoms with van der Waals surface area (Å²) in [4.78, 5) is 12.3. The van der Waals surface area contributed by atoms with E-state index in [0.717, 1.165) is 25.4 Å². The van der Waals surface area contributed by atoms with Crippen LogP contribution >= 0.6 is 0 Å². The van der Waals surface area contributed by atoms with Gasteiger partial charge in [-0.05, 0) is 31.7 Å². The van der Waals surface area contributed by atoms with E-state index in [-0.39, 0.29) is 0 Å². The summed E-state index contributed by atoms with van der Waals surface area (Å²) in [7, 11) is 0. The molecule has 0 saturated heterocycles. The average molecular weight is 266 g/mol. The van der Waals surface area contributed by atoms with Crippen molar-refractivity contribution in [1.29, 1.82) is 0 Å². The van der Waals surface area contributed by atoms with Gasteiger partial charge >= 0.3 is 5.69 Å². The molecule has 0 aliphatic heterocycles. The van der Waals surface area contributed by atoms with Crippen LogP contribution in [0.15, 0.2) is 18.2 Å². The molecule has 1 aromatic carbocycles. The highest BCUT2D eigenvalue weighted by Gasteiger charge is 2.25. The quantitative estimate of drug-likeness (QED) is 0.561. The number of benzene rings is 1. The summed E-state index contributed by atoms with van der Waals surface area (Å²) in [6.07, 6.45) is 3.50. The Kier molecular flexibility index (Phi) is 4.47. The molecule has 19 heavy (non-hydrogen) atoms. The lowest BCUT2D eigenvalue weighted by Gasteiger charge is -2.21. The third-order valence-electron chi connectivity index (χ3n) is 3.40. The van der Waals surface area contributed by atoms with Gasteiger partial charge in [-0.3, -0.25) is 15.0 Å². The van der Waals surface area contributed by atoms with Gasteiger partial charge in [-0.25, -0.2) is 0 Å². The lowest BCUT2D eigenvalue weighted by Crippen LogP contribution is -2.27. The van der Waals surface area contributed by atoms with E-state index >= 15 is 0 Å². The number of rotatable bonds is 7. The fraction of sp³-hybridized carbons (Fsp3) is 0.571. The molecule has 5 heteroatoms. The molecule has 0 aromatic heterocycles. The molecule has 1 saturated carbocycles. The molecule has 1 aliphatic carbocycles. The molecule has 0 unspecified atom stereocenters. The van der Waals surface area contributed by atoms with Gasteiger partial charge in [0.05, 0.1) is 4.92 Å². The molecule has 0 radical (unpaired) electrons. The maximum atomic E-state index is 14.0. The van der Waals surface area contributed by atoms with Crippen molar-refractivity contribution in [2.45, 2.75) is 32.7 Å². The highest BCUT2D eigenvalue weighted by Crippen LogP contribution is 2.30. The zero-order valence-electron chi connectivity index (χ0n) is 11.1. The van der Waals surface area contributed by atoms with Gasteiger partial charge in [-0.15, -0.1) is 0 Å². The smallest absolute Gasteiger partial charge is 0.299 e. The van der Waals surface area contributed by atoms with Gasteiger partial charge in [-0.1, -0.05) is 19.1 Å². The molecule has 2 rings (SSSR count). The predicted molar refractivity (Wildman–Crippen MR) is 71.3 cm³/mol. The van der Waals surface area contributed by atoms with Crippen molar-refractivity contribution < 1.29 is 9.31 Å². The maximum Gasteiger partial charge on any atom is 0.305 e. The number of hydrogen-bond donors (Lipinski definition) is 0. The molecule has 0 bridgehead atoms. The highest BCUT2D eigenvalue weighted by atomic mass is 19.1. The lowest BCUT2D eigenvalue weighted by molar-refractivity contribution is -0.387. The van der Waals surface area contributed by atoms with Crippen LogP contribution in [-0.2, 0) is 6.54 Å². The normalized spacial score (nSPS) is 14.9. The first-order chi connectivity index (χ1) is 9.11. The van der Waals surface area contributed by atoms with Gasteiger partial charge in [0.2, 0.25) is 5.82 Å². The Morgan fingerprint density at radius 3 is 2.79 bits per heavy atom. The summed E-state index contributed by atoms with van der Waals surface area (Å²) in [6.45, 7) is 4.41. The van der Waals surface area contributed by atoms with Gasteiger partial charge in [0.15, 0.2) is 0 Å². The van der Waals surface area contributed by atoms with Crippen molar-refractivity contribution in [2.75, 3.05) is 13.1 Å². The van der Waals surface area contributed by atoms with Gasteiger partial charge in [0.25, 0.3) is 0 Å². The summed E-state index contributed by atoms with van der Waals surface area (Å²) in [6, 6.07) is 4.40. The summed E-state index contributed by atoms with van der Waals surface area (Å²) >= 11 is 0. The molecular weight excluding hydrogens is 247 g/mol. The molecule has 1 aliphatic rings. The third kappa shape index (κ3) is 3.73. The molecule has 0 spiro atoms. The largest absolute Gasteiger partial charge is 0.305 e. The Labute approximate surface area is 112 Å². The zero-order valence-corrected chi connectivity index (χ0v) is 11.1. The molecule has 0 heterocycles. The van der Waals surface area contributed by atoms with Crippen molar-refractivity contribution in [3.05, 3.63) is 39.7 Å². The minimum absolute atomic E-state index is 0.420. The zero-order chi connectivity index (χ0) is 13.8. The summed E-state index contributed by atoms with van der Waals surface area (Å²) < 4.78 is 14.0. The van der Waals surface area contributed by atoms with E-state index in [4.69, 9.17) is 0 Å². The summed E-state index contributed by atoms with van der Waals surface area (Å²) in [5, 5.41) is 10.7. The lowest BCUT2D eigenvalue weighted by atomic mass is 10.1. The van der Waals surface area contributed by atoms with Crippen molar-refractivity contribution in [3.63, 3.8) is 0 Å². The number of nitro benzene ring substituents is 1. The van der Waals surface area contributed by atoms with E-state index in [0.29, 0.717) is 12.1 Å². The van der Waals surface area contributed by atoms with Crippen molar-refractivity contribution in [2.24, 2.45) is 5.92 Å². The van der Waals surface area contributed by atoms with Crippen molar-refractivity contribution in [3.8, 4) is 0 Å². The molecule has 0 atom stereocenters. The molecule has 104 valence electrons. The SMILES string of the molecule is CCCN(Cc1cccc([N+](=O)[O-])c1F)CC1CC1.